The van der Waals surface area contributed by atoms with Crippen LogP contribution in [-0.2, 0) is 23.9 Å². The first-order valence-corrected chi connectivity index (χ1v) is 13.7. The van der Waals surface area contributed by atoms with E-state index in [4.69, 9.17) is 9.84 Å². The molecule has 0 bridgehead atoms. The maximum atomic E-state index is 14.1. The summed E-state index contributed by atoms with van der Waals surface area (Å²) in [6.07, 6.45) is -4.36. The quantitative estimate of drug-likeness (QED) is 0.154. The van der Waals surface area contributed by atoms with Crippen LogP contribution in [0.25, 0.3) is 0 Å². The Morgan fingerprint density at radius 3 is 2.07 bits per heavy atom. The van der Waals surface area contributed by atoms with Gasteiger partial charge in [0.15, 0.2) is 0 Å². The molecule has 0 heterocycles. The molecular weight excluding hydrogens is 582 g/mol. The van der Waals surface area contributed by atoms with E-state index in [0.29, 0.717) is 36.4 Å². The minimum atomic E-state index is -4.80. The van der Waals surface area contributed by atoms with Gasteiger partial charge < -0.3 is 9.84 Å². The van der Waals surface area contributed by atoms with E-state index < -0.39 is 23.5 Å². The molecule has 4 aromatic rings. The molecular formula is C34H34ClF4NO3. The third kappa shape index (κ3) is 9.83. The summed E-state index contributed by atoms with van der Waals surface area (Å²) in [5, 5.41) is 9.07. The molecule has 4 aromatic carbocycles. The third-order valence-electron chi connectivity index (χ3n) is 7.22. The van der Waals surface area contributed by atoms with Crippen molar-refractivity contribution in [1.29, 1.82) is 0 Å². The van der Waals surface area contributed by atoms with Gasteiger partial charge in [0.05, 0.1) is 18.6 Å². The molecule has 9 heteroatoms. The molecule has 43 heavy (non-hydrogen) atoms. The van der Waals surface area contributed by atoms with Crippen LogP contribution in [0, 0.1) is 5.82 Å². The number of rotatable bonds is 13. The zero-order valence-electron chi connectivity index (χ0n) is 23.6. The largest absolute Gasteiger partial charge is 0.494 e. The van der Waals surface area contributed by atoms with Crippen molar-refractivity contribution >= 4 is 18.4 Å². The van der Waals surface area contributed by atoms with Gasteiger partial charge in [0, 0.05) is 25.0 Å². The Kier molecular flexibility index (Phi) is 12.2. The van der Waals surface area contributed by atoms with E-state index in [2.05, 4.69) is 4.90 Å². The molecule has 0 aliphatic carbocycles. The van der Waals surface area contributed by atoms with E-state index >= 15 is 0 Å². The average Bonchev–Trinajstić information content (AvgIpc) is 2.96. The summed E-state index contributed by atoms with van der Waals surface area (Å²) in [4.78, 5) is 13.2. The molecule has 0 saturated heterocycles. The Morgan fingerprint density at radius 1 is 0.860 bits per heavy atom. The molecule has 0 spiro atoms. The zero-order chi connectivity index (χ0) is 30.1. The fourth-order valence-electron chi connectivity index (χ4n) is 4.98. The van der Waals surface area contributed by atoms with Gasteiger partial charge >= 0.3 is 12.1 Å². The van der Waals surface area contributed by atoms with Crippen molar-refractivity contribution < 1.29 is 32.2 Å². The van der Waals surface area contributed by atoms with Crippen molar-refractivity contribution in [3.8, 4) is 5.75 Å². The number of hydrogen-bond acceptors (Lipinski definition) is 3. The lowest BCUT2D eigenvalue weighted by Gasteiger charge is -2.33. The van der Waals surface area contributed by atoms with Crippen molar-refractivity contribution in [2.45, 2.75) is 44.4 Å². The molecule has 0 amide bonds. The van der Waals surface area contributed by atoms with Crippen LogP contribution in [0.2, 0.25) is 0 Å². The number of halogens is 5. The highest BCUT2D eigenvalue weighted by molar-refractivity contribution is 5.85. The number of alkyl halides is 3. The standard InChI is InChI=1S/C34H33F4NO3.ClH/c1-24(17-18-42-29-14-8-9-25(19-29)21-33(40)41)39(22-26-15-16-32(35)31(20-26)34(36,37)38)23-30(27-10-4-2-5-11-27)28-12-6-3-7-13-28;/h2-16,19-20,24,30H,17-18,21-23H2,1H3,(H,40,41);1H/t24-;/m1./s1. The molecule has 228 valence electrons. The first kappa shape index (κ1) is 33.6. The van der Waals surface area contributed by atoms with E-state index in [0.717, 1.165) is 23.3 Å². The van der Waals surface area contributed by atoms with Crippen molar-refractivity contribution in [3.63, 3.8) is 0 Å². The SMILES string of the molecule is C[C@H](CCOc1cccc(CC(=O)O)c1)N(Cc1ccc(F)c(C(F)(F)F)c1)CC(c1ccccc1)c1ccccc1.Cl. The van der Waals surface area contributed by atoms with Crippen molar-refractivity contribution in [1.82, 2.24) is 4.90 Å². The van der Waals surface area contributed by atoms with Gasteiger partial charge in [-0.1, -0.05) is 78.9 Å². The molecule has 0 aromatic heterocycles. The lowest BCUT2D eigenvalue weighted by atomic mass is 9.90. The fourth-order valence-corrected chi connectivity index (χ4v) is 4.98. The number of aliphatic carboxylic acids is 1. The predicted octanol–water partition coefficient (Wildman–Crippen LogP) is 8.39. The van der Waals surface area contributed by atoms with Gasteiger partial charge in [-0.2, -0.15) is 13.2 Å². The summed E-state index contributed by atoms with van der Waals surface area (Å²) in [5.74, 6) is -1.74. The molecule has 0 unspecified atom stereocenters. The highest BCUT2D eigenvalue weighted by Gasteiger charge is 2.34. The Hall–Kier alpha value is -3.88. The number of carboxylic acid groups (broad SMARTS) is 1. The zero-order valence-corrected chi connectivity index (χ0v) is 24.5. The van der Waals surface area contributed by atoms with Gasteiger partial charge in [-0.05, 0) is 59.9 Å². The second-order valence-electron chi connectivity index (χ2n) is 10.3. The molecule has 0 saturated carbocycles. The summed E-state index contributed by atoms with van der Waals surface area (Å²) in [6.45, 7) is 2.98. The van der Waals surface area contributed by atoms with Crippen molar-refractivity contribution in [2.75, 3.05) is 13.2 Å². The molecule has 0 aliphatic rings. The van der Waals surface area contributed by atoms with E-state index in [1.807, 2.05) is 67.6 Å². The normalized spacial score (nSPS) is 12.2. The molecule has 0 radical (unpaired) electrons. The Bertz CT molecular complexity index is 1410. The number of nitrogens with zero attached hydrogens (tertiary/aromatic N) is 1. The number of carboxylic acids is 1. The first-order chi connectivity index (χ1) is 20.1. The highest BCUT2D eigenvalue weighted by atomic mass is 35.5. The number of hydrogen-bond donors (Lipinski definition) is 1. The number of ether oxygens (including phenoxy) is 1. The van der Waals surface area contributed by atoms with Gasteiger partial charge in [0.1, 0.15) is 11.6 Å². The van der Waals surface area contributed by atoms with E-state index in [1.54, 1.807) is 24.3 Å². The van der Waals surface area contributed by atoms with E-state index in [1.165, 1.54) is 6.07 Å². The van der Waals surface area contributed by atoms with Crippen LogP contribution in [0.4, 0.5) is 17.6 Å². The molecule has 4 rings (SSSR count). The summed E-state index contributed by atoms with van der Waals surface area (Å²) in [6, 6.07) is 29.8. The summed E-state index contributed by atoms with van der Waals surface area (Å²) in [5.41, 5.74) is 1.85. The van der Waals surface area contributed by atoms with Crippen molar-refractivity contribution in [3.05, 3.63) is 137 Å². The van der Waals surface area contributed by atoms with Crippen LogP contribution < -0.4 is 4.74 Å². The summed E-state index contributed by atoms with van der Waals surface area (Å²) in [7, 11) is 0. The van der Waals surface area contributed by atoms with E-state index in [-0.39, 0.29) is 37.3 Å². The topological polar surface area (TPSA) is 49.8 Å². The first-order valence-electron chi connectivity index (χ1n) is 13.7. The Morgan fingerprint density at radius 2 is 1.49 bits per heavy atom. The molecule has 0 aliphatic heterocycles. The highest BCUT2D eigenvalue weighted by Crippen LogP contribution is 2.33. The monoisotopic (exact) mass is 615 g/mol. The smallest absolute Gasteiger partial charge is 0.419 e. The van der Waals surface area contributed by atoms with Crippen LogP contribution in [0.15, 0.2) is 103 Å². The van der Waals surface area contributed by atoms with Gasteiger partial charge in [-0.15, -0.1) is 12.4 Å². The van der Waals surface area contributed by atoms with Gasteiger partial charge in [-0.25, -0.2) is 4.39 Å². The van der Waals surface area contributed by atoms with Crippen LogP contribution in [-0.4, -0.2) is 35.2 Å². The van der Waals surface area contributed by atoms with Crippen LogP contribution in [0.3, 0.4) is 0 Å². The van der Waals surface area contributed by atoms with Crippen LogP contribution >= 0.6 is 12.4 Å². The van der Waals surface area contributed by atoms with Gasteiger partial charge in [-0.3, -0.25) is 9.69 Å². The Labute approximate surface area is 255 Å². The lowest BCUT2D eigenvalue weighted by Crippen LogP contribution is -2.37. The second kappa shape index (κ2) is 15.5. The fraction of sp³-hybridized carbons (Fsp3) is 0.265. The summed E-state index contributed by atoms with van der Waals surface area (Å²) >= 11 is 0. The maximum absolute atomic E-state index is 14.1. The van der Waals surface area contributed by atoms with Crippen LogP contribution in [0.5, 0.6) is 5.75 Å². The van der Waals surface area contributed by atoms with Gasteiger partial charge in [0.25, 0.3) is 0 Å². The second-order valence-corrected chi connectivity index (χ2v) is 10.3. The van der Waals surface area contributed by atoms with Gasteiger partial charge in [0.2, 0.25) is 0 Å². The minimum Gasteiger partial charge on any atom is -0.494 e. The average molecular weight is 616 g/mol. The maximum Gasteiger partial charge on any atom is 0.419 e. The molecule has 4 nitrogen and oxygen atoms in total. The van der Waals surface area contributed by atoms with Crippen LogP contribution in [0.1, 0.15) is 47.1 Å². The molecule has 1 N–H and O–H groups in total. The molecule has 1 atom stereocenters. The third-order valence-corrected chi connectivity index (χ3v) is 7.22. The summed E-state index contributed by atoms with van der Waals surface area (Å²) < 4.78 is 60.5. The predicted molar refractivity (Wildman–Crippen MR) is 161 cm³/mol. The van der Waals surface area contributed by atoms with E-state index in [9.17, 15) is 22.4 Å². The Balaban J connectivity index is 0.00000506. The number of carbonyl (C=O) groups is 1. The number of benzene rings is 4. The minimum absolute atomic E-state index is 0. The lowest BCUT2D eigenvalue weighted by molar-refractivity contribution is -0.140. The van der Waals surface area contributed by atoms with Crippen molar-refractivity contribution in [2.24, 2.45) is 0 Å². The molecule has 0 fully saturated rings.